The van der Waals surface area contributed by atoms with Crippen LogP contribution in [0, 0.1) is 0 Å². The van der Waals surface area contributed by atoms with E-state index in [2.05, 4.69) is 4.99 Å². The molecule has 2 aromatic carbocycles. The van der Waals surface area contributed by atoms with Crippen molar-refractivity contribution in [2.24, 2.45) is 4.99 Å². The van der Waals surface area contributed by atoms with Crippen LogP contribution < -0.4 is 19.6 Å². The summed E-state index contributed by atoms with van der Waals surface area (Å²) in [4.78, 5) is 31.5. The van der Waals surface area contributed by atoms with E-state index in [-0.39, 0.29) is 5.56 Å². The Morgan fingerprint density at radius 1 is 1.11 bits per heavy atom. The minimum atomic E-state index is -0.711. The van der Waals surface area contributed by atoms with Gasteiger partial charge in [-0.1, -0.05) is 46.7 Å². The minimum absolute atomic E-state index is 0.296. The number of furan rings is 1. The zero-order valence-electron chi connectivity index (χ0n) is 20.0. The van der Waals surface area contributed by atoms with Gasteiger partial charge in [0.2, 0.25) is 0 Å². The molecule has 10 heteroatoms. The summed E-state index contributed by atoms with van der Waals surface area (Å²) in [5.41, 5.74) is 1.88. The van der Waals surface area contributed by atoms with E-state index in [1.165, 1.54) is 23.0 Å². The summed E-state index contributed by atoms with van der Waals surface area (Å²) < 4.78 is 18.2. The van der Waals surface area contributed by atoms with E-state index in [1.807, 2.05) is 12.1 Å². The molecule has 7 nitrogen and oxygen atoms in total. The van der Waals surface area contributed by atoms with Crippen molar-refractivity contribution in [1.29, 1.82) is 0 Å². The molecule has 188 valence electrons. The number of aromatic nitrogens is 1. The Morgan fingerprint density at radius 2 is 1.86 bits per heavy atom. The lowest BCUT2D eigenvalue weighted by Gasteiger charge is -2.24. The Balaban J connectivity index is 1.63. The van der Waals surface area contributed by atoms with Crippen molar-refractivity contribution in [1.82, 2.24) is 4.57 Å². The molecule has 1 unspecified atom stereocenters. The third-order valence-corrected chi connectivity index (χ3v) is 7.49. The second-order valence-corrected chi connectivity index (χ2v) is 10.0. The highest BCUT2D eigenvalue weighted by atomic mass is 35.5. The van der Waals surface area contributed by atoms with Crippen LogP contribution in [-0.4, -0.2) is 24.8 Å². The molecule has 1 aliphatic rings. The van der Waals surface area contributed by atoms with Crippen LogP contribution in [0.1, 0.15) is 24.3 Å². The smallest absolute Gasteiger partial charge is 0.338 e. The van der Waals surface area contributed by atoms with Crippen molar-refractivity contribution in [2.75, 3.05) is 14.2 Å². The van der Waals surface area contributed by atoms with Crippen LogP contribution in [0.15, 0.2) is 80.1 Å². The summed E-state index contributed by atoms with van der Waals surface area (Å²) in [5.74, 6) is 1.12. The van der Waals surface area contributed by atoms with Crippen molar-refractivity contribution in [3.63, 3.8) is 0 Å². The maximum atomic E-state index is 13.7. The molecular weight excluding hydrogens is 535 g/mol. The third kappa shape index (κ3) is 4.64. The number of carbonyl (C=O) groups is 1. The largest absolute Gasteiger partial charge is 0.497 e. The van der Waals surface area contributed by atoms with E-state index in [0.717, 1.165) is 5.56 Å². The van der Waals surface area contributed by atoms with Crippen molar-refractivity contribution < 1.29 is 18.7 Å². The van der Waals surface area contributed by atoms with Crippen LogP contribution in [0.4, 0.5) is 0 Å². The number of methoxy groups -OCH3 is 2. The van der Waals surface area contributed by atoms with Crippen LogP contribution >= 0.6 is 34.5 Å². The summed E-state index contributed by atoms with van der Waals surface area (Å²) in [6, 6.07) is 15.1. The lowest BCUT2D eigenvalue weighted by molar-refractivity contribution is -0.136. The lowest BCUT2D eigenvalue weighted by atomic mass is 9.96. The van der Waals surface area contributed by atoms with Crippen LogP contribution in [0.3, 0.4) is 0 Å². The van der Waals surface area contributed by atoms with Gasteiger partial charge < -0.3 is 13.9 Å². The van der Waals surface area contributed by atoms with Gasteiger partial charge >= 0.3 is 5.97 Å². The second kappa shape index (κ2) is 10.0. The monoisotopic (exact) mass is 554 g/mol. The van der Waals surface area contributed by atoms with E-state index >= 15 is 0 Å². The molecule has 1 atom stereocenters. The van der Waals surface area contributed by atoms with Crippen LogP contribution in [0.5, 0.6) is 5.75 Å². The number of fused-ring (bicyclic) bond motifs is 1. The average Bonchev–Trinajstić information content (AvgIpc) is 3.47. The van der Waals surface area contributed by atoms with Crippen molar-refractivity contribution in [3.05, 3.63) is 107 Å². The highest BCUT2D eigenvalue weighted by Gasteiger charge is 2.33. The topological polar surface area (TPSA) is 83.0 Å². The normalized spacial score (nSPS) is 15.4. The second-order valence-electron chi connectivity index (χ2n) is 8.17. The zero-order chi connectivity index (χ0) is 26.3. The first-order valence-corrected chi connectivity index (χ1v) is 12.7. The van der Waals surface area contributed by atoms with Crippen molar-refractivity contribution in [3.8, 4) is 17.1 Å². The van der Waals surface area contributed by atoms with E-state index in [0.29, 0.717) is 53.5 Å². The molecule has 2 aromatic heterocycles. The van der Waals surface area contributed by atoms with Gasteiger partial charge in [0.25, 0.3) is 5.56 Å². The van der Waals surface area contributed by atoms with Gasteiger partial charge in [0.15, 0.2) is 4.80 Å². The van der Waals surface area contributed by atoms with Crippen LogP contribution in [-0.2, 0) is 9.53 Å². The Kier molecular flexibility index (Phi) is 6.81. The number of hydrogen-bond donors (Lipinski definition) is 0. The molecule has 0 N–H and O–H groups in total. The fourth-order valence-electron chi connectivity index (χ4n) is 4.19. The molecule has 0 radical (unpaired) electrons. The summed E-state index contributed by atoms with van der Waals surface area (Å²) >= 11 is 13.5. The number of hydrogen-bond acceptors (Lipinski definition) is 7. The van der Waals surface area contributed by atoms with E-state index in [4.69, 9.17) is 37.1 Å². The predicted octanol–water partition coefficient (Wildman–Crippen LogP) is 4.98. The van der Waals surface area contributed by atoms with Gasteiger partial charge in [-0.25, -0.2) is 9.79 Å². The number of esters is 1. The highest BCUT2D eigenvalue weighted by Crippen LogP contribution is 2.33. The van der Waals surface area contributed by atoms with Gasteiger partial charge in [-0.3, -0.25) is 9.36 Å². The Labute approximate surface area is 225 Å². The number of halogens is 2. The minimum Gasteiger partial charge on any atom is -0.497 e. The fourth-order valence-corrected chi connectivity index (χ4v) is 5.72. The molecule has 0 saturated carbocycles. The summed E-state index contributed by atoms with van der Waals surface area (Å²) in [5, 5.41) is 0.979. The lowest BCUT2D eigenvalue weighted by Crippen LogP contribution is -2.39. The van der Waals surface area contributed by atoms with E-state index < -0.39 is 12.0 Å². The molecule has 3 heterocycles. The van der Waals surface area contributed by atoms with Gasteiger partial charge in [0, 0.05) is 16.7 Å². The Hall–Kier alpha value is -3.59. The number of rotatable bonds is 5. The molecule has 0 amide bonds. The van der Waals surface area contributed by atoms with E-state index in [9.17, 15) is 9.59 Å². The predicted molar refractivity (Wildman–Crippen MR) is 143 cm³/mol. The molecule has 5 rings (SSSR count). The number of carbonyl (C=O) groups excluding carboxylic acids is 1. The summed E-state index contributed by atoms with van der Waals surface area (Å²) in [6.45, 7) is 1.73. The van der Waals surface area contributed by atoms with Crippen LogP contribution in [0.25, 0.3) is 17.4 Å². The average molecular weight is 555 g/mol. The van der Waals surface area contributed by atoms with Crippen molar-refractivity contribution >= 4 is 46.6 Å². The summed E-state index contributed by atoms with van der Waals surface area (Å²) in [7, 11) is 2.88. The first kappa shape index (κ1) is 25.1. The molecule has 37 heavy (non-hydrogen) atoms. The maximum absolute atomic E-state index is 13.7. The molecule has 0 bridgehead atoms. The van der Waals surface area contributed by atoms with Gasteiger partial charge in [-0.2, -0.15) is 0 Å². The number of allylic oxidation sites excluding steroid dienone is 1. The first-order chi connectivity index (χ1) is 17.8. The standard InChI is InChI=1S/C27H20Cl2N2O5S/c1-14-23(26(33)35-3)24(15-4-7-17(34-2)8-5-15)31-25(32)22(37-27(31)30-14)13-18-9-11-21(36-18)19-10-6-16(28)12-20(19)29/h4-13,24H,1-3H3. The Bertz CT molecular complexity index is 1730. The van der Waals surface area contributed by atoms with Crippen molar-refractivity contribution in [2.45, 2.75) is 13.0 Å². The third-order valence-electron chi connectivity index (χ3n) is 5.96. The first-order valence-electron chi connectivity index (χ1n) is 11.1. The van der Waals surface area contributed by atoms with Gasteiger partial charge in [-0.15, -0.1) is 0 Å². The molecule has 0 fully saturated rings. The van der Waals surface area contributed by atoms with Gasteiger partial charge in [-0.05, 0) is 55.0 Å². The number of benzene rings is 2. The van der Waals surface area contributed by atoms with Gasteiger partial charge in [0.1, 0.15) is 17.3 Å². The molecule has 0 aliphatic carbocycles. The molecule has 4 aromatic rings. The maximum Gasteiger partial charge on any atom is 0.338 e. The number of thiazole rings is 1. The van der Waals surface area contributed by atoms with Crippen LogP contribution in [0.2, 0.25) is 10.0 Å². The van der Waals surface area contributed by atoms with E-state index in [1.54, 1.807) is 62.6 Å². The Morgan fingerprint density at radius 3 is 2.54 bits per heavy atom. The fraction of sp³-hybridized carbons (Fsp3) is 0.148. The molecule has 0 saturated heterocycles. The number of nitrogens with zero attached hydrogens (tertiary/aromatic N) is 2. The SMILES string of the molecule is COC(=O)C1=C(C)N=c2sc(=Cc3ccc(-c4ccc(Cl)cc4Cl)o3)c(=O)n2C1c1ccc(OC)cc1. The van der Waals surface area contributed by atoms with Gasteiger partial charge in [0.05, 0.1) is 41.1 Å². The highest BCUT2D eigenvalue weighted by molar-refractivity contribution is 7.07. The molecular formula is C27H20Cl2N2O5S. The quantitative estimate of drug-likeness (QED) is 0.325. The zero-order valence-corrected chi connectivity index (χ0v) is 22.3. The summed E-state index contributed by atoms with van der Waals surface area (Å²) in [6.07, 6.45) is 1.65. The molecule has 1 aliphatic heterocycles. The molecule has 0 spiro atoms. The number of ether oxygens (including phenoxy) is 2.